The van der Waals surface area contributed by atoms with Gasteiger partial charge in [0.2, 0.25) is 0 Å². The maximum atomic E-state index is 12.6. The summed E-state index contributed by atoms with van der Waals surface area (Å²) in [6.07, 6.45) is 4.15. The number of carbonyl (C=O) groups is 1. The van der Waals surface area contributed by atoms with E-state index in [2.05, 4.69) is 33.8 Å². The lowest BCUT2D eigenvalue weighted by Gasteiger charge is -2.53. The normalized spacial score (nSPS) is 27.5. The van der Waals surface area contributed by atoms with Crippen molar-refractivity contribution in [3.05, 3.63) is 22.8 Å². The molecule has 25 heavy (non-hydrogen) atoms. The van der Waals surface area contributed by atoms with Gasteiger partial charge in [0.15, 0.2) is 11.5 Å². The van der Waals surface area contributed by atoms with Crippen molar-refractivity contribution in [1.82, 2.24) is 0 Å². The molecule has 1 saturated carbocycles. The van der Waals surface area contributed by atoms with Crippen LogP contribution in [0.3, 0.4) is 0 Å². The number of aryl methyl sites for hydroxylation is 1. The Morgan fingerprint density at radius 3 is 2.56 bits per heavy atom. The number of hydrogen-bond donors (Lipinski definition) is 2. The van der Waals surface area contributed by atoms with Crippen molar-refractivity contribution in [2.45, 2.75) is 71.1 Å². The van der Waals surface area contributed by atoms with Gasteiger partial charge >= 0.3 is 5.97 Å². The van der Waals surface area contributed by atoms with Gasteiger partial charge in [-0.1, -0.05) is 40.2 Å². The maximum absolute atomic E-state index is 12.6. The first kappa shape index (κ1) is 18.1. The number of rotatable bonds is 3. The van der Waals surface area contributed by atoms with Crippen LogP contribution in [-0.4, -0.2) is 23.3 Å². The lowest BCUT2D eigenvalue weighted by Crippen LogP contribution is -2.54. The van der Waals surface area contributed by atoms with Crippen molar-refractivity contribution in [3.8, 4) is 11.5 Å². The van der Waals surface area contributed by atoms with E-state index in [1.165, 1.54) is 0 Å². The fourth-order valence-electron chi connectivity index (χ4n) is 5.50. The number of phenols is 1. The number of fused-ring (bicyclic) bond motifs is 3. The summed E-state index contributed by atoms with van der Waals surface area (Å²) in [5.74, 6) is -0.0838. The number of methoxy groups -OCH3 is 1. The van der Waals surface area contributed by atoms with E-state index < -0.39 is 11.4 Å². The molecule has 1 fully saturated rings. The van der Waals surface area contributed by atoms with Gasteiger partial charge in [0, 0.05) is 11.1 Å². The molecule has 2 aliphatic rings. The van der Waals surface area contributed by atoms with Gasteiger partial charge in [-0.3, -0.25) is 4.79 Å². The first-order valence-corrected chi connectivity index (χ1v) is 9.33. The molecule has 0 heterocycles. The molecule has 3 rings (SSSR count). The zero-order chi connectivity index (χ0) is 18.6. The molecule has 0 spiro atoms. The van der Waals surface area contributed by atoms with E-state index in [9.17, 15) is 15.0 Å². The lowest BCUT2D eigenvalue weighted by molar-refractivity contribution is -0.152. The minimum Gasteiger partial charge on any atom is -0.504 e. The second kappa shape index (κ2) is 5.93. The molecule has 4 heteroatoms. The third-order valence-corrected chi connectivity index (χ3v) is 6.65. The van der Waals surface area contributed by atoms with E-state index in [0.717, 1.165) is 36.8 Å². The second-order valence-electron chi connectivity index (χ2n) is 8.75. The van der Waals surface area contributed by atoms with E-state index in [1.54, 1.807) is 7.11 Å². The van der Waals surface area contributed by atoms with Crippen LogP contribution in [0.5, 0.6) is 11.5 Å². The largest absolute Gasteiger partial charge is 0.504 e. The van der Waals surface area contributed by atoms with Crippen molar-refractivity contribution < 1.29 is 19.7 Å². The summed E-state index contributed by atoms with van der Waals surface area (Å²) >= 11 is 0. The number of benzene rings is 1. The number of carboxylic acids is 1. The van der Waals surface area contributed by atoms with Gasteiger partial charge in [-0.2, -0.15) is 0 Å². The molecule has 1 aromatic rings. The van der Waals surface area contributed by atoms with Crippen LogP contribution in [0.1, 0.15) is 76.0 Å². The van der Waals surface area contributed by atoms with Crippen molar-refractivity contribution in [3.63, 3.8) is 0 Å². The van der Waals surface area contributed by atoms with Gasteiger partial charge in [-0.15, -0.1) is 0 Å². The molecular weight excluding hydrogens is 316 g/mol. The highest BCUT2D eigenvalue weighted by atomic mass is 16.5. The van der Waals surface area contributed by atoms with E-state index in [0.29, 0.717) is 17.7 Å². The Morgan fingerprint density at radius 2 is 2.00 bits per heavy atom. The summed E-state index contributed by atoms with van der Waals surface area (Å²) in [4.78, 5) is 12.6. The van der Waals surface area contributed by atoms with E-state index in [1.807, 2.05) is 0 Å². The SMILES string of the molecule is COc1c(C(C)C)cc2c(c1O)C1(C(=O)O)CCCC(C)(C)C1CC2. The Hall–Kier alpha value is -1.71. The molecule has 2 atom stereocenters. The fraction of sp³-hybridized carbons (Fsp3) is 0.667. The number of aromatic hydroxyl groups is 1. The van der Waals surface area contributed by atoms with Crippen molar-refractivity contribution in [1.29, 1.82) is 0 Å². The average molecular weight is 346 g/mol. The van der Waals surface area contributed by atoms with Crippen molar-refractivity contribution in [2.24, 2.45) is 11.3 Å². The standard InChI is InChI=1S/C21H30O4/c1-12(2)14-11-13-7-8-15-20(3,4)9-6-10-21(15,19(23)24)16(13)17(22)18(14)25-5/h11-12,15,22H,6-10H2,1-5H3,(H,23,24). The molecule has 0 aliphatic heterocycles. The van der Waals surface area contributed by atoms with Gasteiger partial charge in [-0.25, -0.2) is 0 Å². The molecular formula is C21H30O4. The average Bonchev–Trinajstić information content (AvgIpc) is 2.53. The summed E-state index contributed by atoms with van der Waals surface area (Å²) in [5.41, 5.74) is 1.49. The van der Waals surface area contributed by atoms with Crippen LogP contribution in [0.4, 0.5) is 0 Å². The van der Waals surface area contributed by atoms with Gasteiger partial charge in [-0.05, 0) is 48.5 Å². The number of aliphatic carboxylic acids is 1. The Morgan fingerprint density at radius 1 is 1.32 bits per heavy atom. The highest BCUT2D eigenvalue weighted by molar-refractivity contribution is 5.85. The summed E-state index contributed by atoms with van der Waals surface area (Å²) < 4.78 is 5.52. The highest BCUT2D eigenvalue weighted by Gasteiger charge is 2.58. The van der Waals surface area contributed by atoms with Crippen LogP contribution in [0.25, 0.3) is 0 Å². The van der Waals surface area contributed by atoms with Gasteiger partial charge in [0.1, 0.15) is 0 Å². The molecule has 2 N–H and O–H groups in total. The Labute approximate surface area is 150 Å². The van der Waals surface area contributed by atoms with Crippen LogP contribution in [0.15, 0.2) is 6.07 Å². The zero-order valence-electron chi connectivity index (χ0n) is 16.0. The summed E-state index contributed by atoms with van der Waals surface area (Å²) in [6, 6.07) is 2.07. The van der Waals surface area contributed by atoms with Crippen LogP contribution in [-0.2, 0) is 16.6 Å². The Kier molecular flexibility index (Phi) is 4.29. The molecule has 138 valence electrons. The predicted molar refractivity (Wildman–Crippen MR) is 97.5 cm³/mol. The minimum absolute atomic E-state index is 0.0271. The quantitative estimate of drug-likeness (QED) is 0.838. The number of hydrogen-bond acceptors (Lipinski definition) is 3. The first-order valence-electron chi connectivity index (χ1n) is 9.33. The van der Waals surface area contributed by atoms with Crippen LogP contribution in [0, 0.1) is 11.3 Å². The molecule has 0 aromatic heterocycles. The van der Waals surface area contributed by atoms with E-state index in [4.69, 9.17) is 4.74 Å². The van der Waals surface area contributed by atoms with Crippen molar-refractivity contribution in [2.75, 3.05) is 7.11 Å². The first-order chi connectivity index (χ1) is 11.7. The molecule has 0 saturated heterocycles. The Balaban J connectivity index is 2.32. The monoisotopic (exact) mass is 346 g/mol. The third-order valence-electron chi connectivity index (χ3n) is 6.65. The van der Waals surface area contributed by atoms with Crippen LogP contribution >= 0.6 is 0 Å². The van der Waals surface area contributed by atoms with Gasteiger partial charge < -0.3 is 14.9 Å². The topological polar surface area (TPSA) is 66.8 Å². The highest BCUT2D eigenvalue weighted by Crippen LogP contribution is 2.60. The van der Waals surface area contributed by atoms with Crippen LogP contribution in [0.2, 0.25) is 0 Å². The molecule has 1 aromatic carbocycles. The summed E-state index contributed by atoms with van der Waals surface area (Å²) in [6.45, 7) is 8.48. The zero-order valence-corrected chi connectivity index (χ0v) is 16.0. The van der Waals surface area contributed by atoms with Crippen LogP contribution < -0.4 is 4.74 Å². The van der Waals surface area contributed by atoms with Gasteiger partial charge in [0.25, 0.3) is 0 Å². The van der Waals surface area contributed by atoms with E-state index in [-0.39, 0.29) is 23.0 Å². The molecule has 0 radical (unpaired) electrons. The fourth-order valence-corrected chi connectivity index (χ4v) is 5.50. The maximum Gasteiger partial charge on any atom is 0.314 e. The van der Waals surface area contributed by atoms with E-state index >= 15 is 0 Å². The number of phenolic OH excluding ortho intramolecular Hbond substituents is 1. The molecule has 4 nitrogen and oxygen atoms in total. The number of ether oxygens (including phenoxy) is 1. The Bertz CT molecular complexity index is 704. The molecule has 2 unspecified atom stereocenters. The molecule has 0 amide bonds. The summed E-state index contributed by atoms with van der Waals surface area (Å²) in [5, 5.41) is 21.4. The van der Waals surface area contributed by atoms with Gasteiger partial charge in [0.05, 0.1) is 12.5 Å². The molecule has 0 bridgehead atoms. The number of carboxylic acid groups (broad SMARTS) is 1. The smallest absolute Gasteiger partial charge is 0.314 e. The van der Waals surface area contributed by atoms with Crippen molar-refractivity contribution >= 4 is 5.97 Å². The minimum atomic E-state index is -1.01. The lowest BCUT2D eigenvalue weighted by atomic mass is 9.49. The summed E-state index contributed by atoms with van der Waals surface area (Å²) in [7, 11) is 1.55. The third kappa shape index (κ3) is 2.44. The predicted octanol–water partition coefficient (Wildman–Crippen LogP) is 4.62. The second-order valence-corrected chi connectivity index (χ2v) is 8.75. The molecule has 2 aliphatic carbocycles.